The molecule has 0 saturated heterocycles. The van der Waals surface area contributed by atoms with Crippen LogP contribution in [0.2, 0.25) is 0 Å². The summed E-state index contributed by atoms with van der Waals surface area (Å²) in [6.07, 6.45) is 3.80. The Hall–Kier alpha value is -0.160. The quantitative estimate of drug-likeness (QED) is 0.525. The molecule has 0 aromatic heterocycles. The maximum atomic E-state index is 8.03. The number of hydrogen-bond acceptors (Lipinski definition) is 2. The van der Waals surface area contributed by atoms with Gasteiger partial charge < -0.3 is 0 Å². The molecule has 0 aromatic carbocycles. The molecule has 0 radical (unpaired) electrons. The van der Waals surface area contributed by atoms with E-state index >= 15 is 0 Å². The van der Waals surface area contributed by atoms with Crippen molar-refractivity contribution in [1.29, 1.82) is 5.26 Å². The smallest absolute Gasteiger partial charge is 0.0622 e. The number of unbranched alkanes of at least 4 members (excludes halogenated alkanes) is 1. The highest BCUT2D eigenvalue weighted by molar-refractivity contribution is 7.98. The van der Waals surface area contributed by atoms with E-state index in [0.29, 0.717) is 6.42 Å². The highest BCUT2D eigenvalue weighted by Crippen LogP contribution is 1.96. The largest absolute Gasteiger partial charge is 0.198 e. The molecule has 2 heteroatoms. The fourth-order valence-corrected chi connectivity index (χ4v) is 0.729. The lowest BCUT2D eigenvalue weighted by molar-refractivity contribution is 0.983. The van der Waals surface area contributed by atoms with E-state index in [4.69, 9.17) is 5.26 Å². The van der Waals surface area contributed by atoms with E-state index in [2.05, 4.69) is 12.3 Å². The molecule has 0 heterocycles. The van der Waals surface area contributed by atoms with Gasteiger partial charge in [0.25, 0.3) is 0 Å². The molecule has 0 spiro atoms. The molecule has 0 amide bonds. The molecule has 7 heavy (non-hydrogen) atoms. The molecule has 0 unspecified atom stereocenters. The minimum atomic E-state index is 0.709. The van der Waals surface area contributed by atoms with Crippen molar-refractivity contribution in [2.24, 2.45) is 0 Å². The molecule has 0 aliphatic rings. The van der Waals surface area contributed by atoms with Crippen LogP contribution in [-0.2, 0) is 0 Å². The minimum Gasteiger partial charge on any atom is -0.198 e. The van der Waals surface area contributed by atoms with Crippen LogP contribution in [0, 0.1) is 11.3 Å². The lowest BCUT2D eigenvalue weighted by atomic mass is 10.5. The topological polar surface area (TPSA) is 23.8 Å². The van der Waals surface area contributed by atoms with Crippen molar-refractivity contribution in [2.45, 2.75) is 12.8 Å². The van der Waals surface area contributed by atoms with E-state index < -0.39 is 0 Å². The normalized spacial score (nSPS) is 8.00. The summed E-state index contributed by atoms with van der Waals surface area (Å²) in [5.41, 5.74) is 0. The number of rotatable bonds is 3. The van der Waals surface area contributed by atoms with Crippen LogP contribution in [0.4, 0.5) is 0 Å². The molecule has 1 nitrogen and oxygen atoms in total. The molecule has 0 N–H and O–H groups in total. The Kier molecular flexibility index (Phi) is 5.71. The highest BCUT2D eigenvalue weighted by Gasteiger charge is 1.79. The van der Waals surface area contributed by atoms with Crippen molar-refractivity contribution in [2.75, 3.05) is 12.0 Å². The van der Waals surface area contributed by atoms with Crippen LogP contribution < -0.4 is 0 Å². The second-order valence-corrected chi connectivity index (χ2v) is 2.24. The number of hydrogen-bond donors (Lipinski definition) is 0. The van der Waals surface area contributed by atoms with E-state index in [1.54, 1.807) is 11.8 Å². The fraction of sp³-hybridized carbons (Fsp3) is 0.800. The van der Waals surface area contributed by atoms with Crippen LogP contribution in [0.25, 0.3) is 0 Å². The van der Waals surface area contributed by atoms with E-state index in [1.165, 1.54) is 0 Å². The van der Waals surface area contributed by atoms with Gasteiger partial charge in [0.15, 0.2) is 0 Å². The average Bonchev–Trinajstić information content (AvgIpc) is 1.69. The van der Waals surface area contributed by atoms with Gasteiger partial charge in [0, 0.05) is 6.42 Å². The second kappa shape index (κ2) is 5.84. The lowest BCUT2D eigenvalue weighted by Gasteiger charge is -1.85. The summed E-state index contributed by atoms with van der Waals surface area (Å²) >= 11 is 1.79. The van der Waals surface area contributed by atoms with Crippen LogP contribution in [0.1, 0.15) is 12.8 Å². The molecule has 0 aliphatic carbocycles. The van der Waals surface area contributed by atoms with E-state index in [1.807, 2.05) is 0 Å². The zero-order valence-electron chi connectivity index (χ0n) is 4.48. The van der Waals surface area contributed by atoms with Crippen molar-refractivity contribution in [3.05, 3.63) is 0 Å². The molecule has 0 aliphatic heterocycles. The molecule has 0 rings (SSSR count). The van der Waals surface area contributed by atoms with Crippen LogP contribution in [0.3, 0.4) is 0 Å². The van der Waals surface area contributed by atoms with Crippen molar-refractivity contribution >= 4 is 11.8 Å². The van der Waals surface area contributed by atoms with Crippen LogP contribution in [0.15, 0.2) is 0 Å². The van der Waals surface area contributed by atoms with Gasteiger partial charge in [0.1, 0.15) is 0 Å². The summed E-state index contributed by atoms with van der Waals surface area (Å²) in [6, 6.07) is 2.09. The summed E-state index contributed by atoms with van der Waals surface area (Å²) in [5.74, 6) is 1.12. The van der Waals surface area contributed by atoms with Crippen LogP contribution in [-0.4, -0.2) is 12.0 Å². The first-order chi connectivity index (χ1) is 3.41. The first kappa shape index (κ1) is 6.84. The Balaban J connectivity index is 2.60. The molecule has 0 aromatic rings. The summed E-state index contributed by atoms with van der Waals surface area (Å²) in [6.45, 7) is 0. The van der Waals surface area contributed by atoms with E-state index in [0.717, 1.165) is 12.2 Å². The van der Waals surface area contributed by atoms with Crippen molar-refractivity contribution in [3.63, 3.8) is 0 Å². The molecular weight excluding hydrogens is 108 g/mol. The van der Waals surface area contributed by atoms with Crippen molar-refractivity contribution < 1.29 is 0 Å². The third-order valence-electron chi connectivity index (χ3n) is 0.637. The second-order valence-electron chi connectivity index (χ2n) is 1.25. The SMILES string of the molecule is CSCCC[14C]#N. The lowest BCUT2D eigenvalue weighted by Crippen LogP contribution is -1.73. The maximum Gasteiger partial charge on any atom is 0.0622 e. The van der Waals surface area contributed by atoms with Gasteiger partial charge in [-0.05, 0) is 18.4 Å². The van der Waals surface area contributed by atoms with Gasteiger partial charge in [-0.3, -0.25) is 0 Å². The fourth-order valence-electron chi connectivity index (χ4n) is 0.296. The standard InChI is InChI=1S/C5H9NS/c1-7-5-3-2-4-6/h2-3,5H2,1H3/i4+2. The Morgan fingerprint density at radius 3 is 2.86 bits per heavy atom. The van der Waals surface area contributed by atoms with Crippen LogP contribution in [0.5, 0.6) is 0 Å². The van der Waals surface area contributed by atoms with Gasteiger partial charge in [-0.1, -0.05) is 0 Å². The Morgan fingerprint density at radius 2 is 2.43 bits per heavy atom. The molecule has 0 saturated carbocycles. The monoisotopic (exact) mass is 117 g/mol. The highest BCUT2D eigenvalue weighted by atomic mass is 32.2. The minimum absolute atomic E-state index is 0.709. The Labute approximate surface area is 48.7 Å². The number of thioether (sulfide) groups is 1. The summed E-state index contributed by atoms with van der Waals surface area (Å²) in [7, 11) is 0. The molecule has 0 atom stereocenters. The van der Waals surface area contributed by atoms with Gasteiger partial charge in [0.05, 0.1) is 6.07 Å². The zero-order valence-corrected chi connectivity index (χ0v) is 5.29. The van der Waals surface area contributed by atoms with Crippen molar-refractivity contribution in [3.8, 4) is 6.07 Å². The van der Waals surface area contributed by atoms with E-state index in [-0.39, 0.29) is 0 Å². The summed E-state index contributed by atoms with van der Waals surface area (Å²) < 4.78 is 0. The average molecular weight is 117 g/mol. The Morgan fingerprint density at radius 1 is 1.71 bits per heavy atom. The predicted molar refractivity (Wildman–Crippen MR) is 33.2 cm³/mol. The maximum absolute atomic E-state index is 8.03. The van der Waals surface area contributed by atoms with E-state index in [9.17, 15) is 0 Å². The summed E-state index contributed by atoms with van der Waals surface area (Å²) in [5, 5.41) is 8.03. The number of nitrogens with zero attached hydrogens (tertiary/aromatic N) is 1. The summed E-state index contributed by atoms with van der Waals surface area (Å²) in [4.78, 5) is 0. The first-order valence-electron chi connectivity index (χ1n) is 2.27. The molecule has 0 bridgehead atoms. The van der Waals surface area contributed by atoms with Gasteiger partial charge in [-0.25, -0.2) is 0 Å². The predicted octanol–water partition coefficient (Wildman–Crippen LogP) is 1.65. The molecular formula is C5H9NS. The van der Waals surface area contributed by atoms with Crippen LogP contribution >= 0.6 is 11.8 Å². The molecule has 40 valence electrons. The molecule has 0 fully saturated rings. The first-order valence-corrected chi connectivity index (χ1v) is 3.67. The number of nitriles is 1. The van der Waals surface area contributed by atoms with Gasteiger partial charge >= 0.3 is 0 Å². The van der Waals surface area contributed by atoms with Crippen molar-refractivity contribution in [1.82, 2.24) is 0 Å². The Bertz CT molecular complexity index is 65.0. The third kappa shape index (κ3) is 5.84. The third-order valence-corrected chi connectivity index (χ3v) is 1.33. The van der Waals surface area contributed by atoms with Gasteiger partial charge in [0.2, 0.25) is 0 Å². The van der Waals surface area contributed by atoms with Gasteiger partial charge in [-0.2, -0.15) is 17.0 Å². The van der Waals surface area contributed by atoms with Gasteiger partial charge in [-0.15, -0.1) is 0 Å². The zero-order chi connectivity index (χ0) is 5.54.